The van der Waals surface area contributed by atoms with Crippen LogP contribution in [-0.2, 0) is 13.1 Å². The van der Waals surface area contributed by atoms with E-state index in [0.29, 0.717) is 39.1 Å². The Morgan fingerprint density at radius 2 is 1.70 bits per heavy atom. The van der Waals surface area contributed by atoms with Gasteiger partial charge < -0.3 is 10.6 Å². The van der Waals surface area contributed by atoms with Crippen molar-refractivity contribution in [2.45, 2.75) is 26.9 Å². The third-order valence-electron chi connectivity index (χ3n) is 5.05. The van der Waals surface area contributed by atoms with Crippen molar-refractivity contribution in [3.8, 4) is 0 Å². The summed E-state index contributed by atoms with van der Waals surface area (Å²) in [4.78, 5) is 0. The summed E-state index contributed by atoms with van der Waals surface area (Å²) in [5, 5.41) is 17.7. The van der Waals surface area contributed by atoms with Crippen molar-refractivity contribution in [2.24, 2.45) is 0 Å². The van der Waals surface area contributed by atoms with Crippen LogP contribution in [0.5, 0.6) is 0 Å². The molecule has 0 fully saturated rings. The fraction of sp³-hybridized carbons (Fsp3) is 0.174. The Labute approximate surface area is 212 Å². The smallest absolute Gasteiger partial charge is 0.176 e. The van der Waals surface area contributed by atoms with Crippen LogP contribution < -0.4 is 10.6 Å². The molecule has 0 atom stereocenters. The maximum absolute atomic E-state index is 6.14. The lowest BCUT2D eigenvalue weighted by molar-refractivity contribution is 0.659. The molecule has 0 amide bonds. The monoisotopic (exact) mass is 518 g/mol. The van der Waals surface area contributed by atoms with Crippen LogP contribution in [-0.4, -0.2) is 24.7 Å². The molecular formula is C23H21Cl3N6S. The SMILES string of the molecule is Cc1nn(Cc2ccc(Cl)c(Cl)c2)c(C)c1NC(=S)Nc1ccn(Cc2cccc(Cl)c2)n1. The normalized spacial score (nSPS) is 10.9. The van der Waals surface area contributed by atoms with Gasteiger partial charge in [0, 0.05) is 17.3 Å². The standard InChI is InChI=1S/C23H21Cl3N6S/c1-14-22(15(2)32(29-14)13-17-6-7-19(25)20(26)11-17)28-23(33)27-21-8-9-31(30-21)12-16-4-3-5-18(24)10-16/h3-11H,12-13H2,1-2H3,(H2,27,28,30,33). The molecule has 0 unspecified atom stereocenters. The van der Waals surface area contributed by atoms with Crippen LogP contribution in [0.4, 0.5) is 11.5 Å². The average Bonchev–Trinajstić information content (AvgIpc) is 3.30. The first-order valence-electron chi connectivity index (χ1n) is 10.1. The van der Waals surface area contributed by atoms with Crippen molar-refractivity contribution in [3.63, 3.8) is 0 Å². The van der Waals surface area contributed by atoms with E-state index in [4.69, 9.17) is 47.0 Å². The van der Waals surface area contributed by atoms with Crippen molar-refractivity contribution in [3.05, 3.63) is 92.3 Å². The van der Waals surface area contributed by atoms with Gasteiger partial charge in [-0.3, -0.25) is 9.36 Å². The first-order chi connectivity index (χ1) is 15.8. The highest BCUT2D eigenvalue weighted by Crippen LogP contribution is 2.25. The Bertz CT molecular complexity index is 1310. The highest BCUT2D eigenvalue weighted by atomic mass is 35.5. The quantitative estimate of drug-likeness (QED) is 0.282. The molecular weight excluding hydrogens is 499 g/mol. The summed E-state index contributed by atoms with van der Waals surface area (Å²) >= 11 is 23.7. The number of hydrogen-bond donors (Lipinski definition) is 2. The third-order valence-corrected chi connectivity index (χ3v) is 6.23. The molecule has 0 radical (unpaired) electrons. The van der Waals surface area contributed by atoms with Gasteiger partial charge in [-0.05, 0) is 61.5 Å². The van der Waals surface area contributed by atoms with Gasteiger partial charge in [-0.15, -0.1) is 0 Å². The minimum Gasteiger partial charge on any atom is -0.329 e. The largest absolute Gasteiger partial charge is 0.329 e. The van der Waals surface area contributed by atoms with Crippen LogP contribution in [0, 0.1) is 13.8 Å². The lowest BCUT2D eigenvalue weighted by atomic mass is 10.2. The summed E-state index contributed by atoms with van der Waals surface area (Å²) in [6.07, 6.45) is 1.89. The number of nitrogens with zero attached hydrogens (tertiary/aromatic N) is 4. The molecule has 0 spiro atoms. The van der Waals surface area contributed by atoms with Crippen LogP contribution >= 0.6 is 47.0 Å². The molecule has 6 nitrogen and oxygen atoms in total. The summed E-state index contributed by atoms with van der Waals surface area (Å²) in [6, 6.07) is 15.1. The molecule has 4 aromatic rings. The maximum atomic E-state index is 6.14. The Kier molecular flexibility index (Phi) is 7.24. The molecule has 0 saturated heterocycles. The molecule has 0 saturated carbocycles. The van der Waals surface area contributed by atoms with Gasteiger partial charge in [-0.1, -0.05) is 53.0 Å². The third kappa shape index (κ3) is 5.86. The molecule has 0 aliphatic heterocycles. The number of halogens is 3. The minimum atomic E-state index is 0.434. The van der Waals surface area contributed by atoms with Crippen molar-refractivity contribution in [2.75, 3.05) is 10.6 Å². The van der Waals surface area contributed by atoms with E-state index in [0.717, 1.165) is 28.2 Å². The van der Waals surface area contributed by atoms with Crippen molar-refractivity contribution < 1.29 is 0 Å². The Balaban J connectivity index is 1.40. The molecule has 10 heteroatoms. The molecule has 0 bridgehead atoms. The Morgan fingerprint density at radius 3 is 2.45 bits per heavy atom. The van der Waals surface area contributed by atoms with Gasteiger partial charge in [0.05, 0.1) is 40.2 Å². The summed E-state index contributed by atoms with van der Waals surface area (Å²) in [5.41, 5.74) is 4.72. The first-order valence-corrected chi connectivity index (χ1v) is 11.7. The Morgan fingerprint density at radius 1 is 0.909 bits per heavy atom. The predicted octanol–water partition coefficient (Wildman–Crippen LogP) is 6.56. The van der Waals surface area contributed by atoms with Crippen LogP contribution in [0.1, 0.15) is 22.5 Å². The zero-order valence-electron chi connectivity index (χ0n) is 17.9. The molecule has 2 aromatic heterocycles. The number of thiocarbonyl (C=S) groups is 1. The average molecular weight is 520 g/mol. The van der Waals surface area contributed by atoms with Gasteiger partial charge in [0.1, 0.15) is 0 Å². The van der Waals surface area contributed by atoms with Gasteiger partial charge in [-0.25, -0.2) is 0 Å². The molecule has 0 aliphatic rings. The van der Waals surface area contributed by atoms with E-state index in [1.165, 1.54) is 0 Å². The number of rotatable bonds is 6. The summed E-state index contributed by atoms with van der Waals surface area (Å²) < 4.78 is 3.72. The van der Waals surface area contributed by atoms with E-state index in [2.05, 4.69) is 20.8 Å². The maximum Gasteiger partial charge on any atom is 0.176 e. The van der Waals surface area contributed by atoms with Gasteiger partial charge >= 0.3 is 0 Å². The second-order valence-electron chi connectivity index (χ2n) is 7.56. The zero-order valence-corrected chi connectivity index (χ0v) is 21.0. The number of hydrogen-bond acceptors (Lipinski definition) is 3. The number of nitrogens with one attached hydrogen (secondary N) is 2. The predicted molar refractivity (Wildman–Crippen MR) is 140 cm³/mol. The van der Waals surface area contributed by atoms with Crippen molar-refractivity contribution >= 4 is 63.6 Å². The number of benzene rings is 2. The van der Waals surface area contributed by atoms with Crippen LogP contribution in [0.2, 0.25) is 15.1 Å². The van der Waals surface area contributed by atoms with Crippen molar-refractivity contribution in [1.29, 1.82) is 0 Å². The molecule has 4 rings (SSSR count). The van der Waals surface area contributed by atoms with Crippen LogP contribution in [0.3, 0.4) is 0 Å². The fourth-order valence-electron chi connectivity index (χ4n) is 3.44. The number of aryl methyl sites for hydroxylation is 1. The second-order valence-corrected chi connectivity index (χ2v) is 9.22. The Hall–Kier alpha value is -2.58. The highest BCUT2D eigenvalue weighted by molar-refractivity contribution is 7.80. The molecule has 33 heavy (non-hydrogen) atoms. The van der Waals surface area contributed by atoms with Gasteiger partial charge in [0.2, 0.25) is 0 Å². The lowest BCUT2D eigenvalue weighted by Crippen LogP contribution is -2.20. The molecule has 2 aromatic carbocycles. The zero-order chi connectivity index (χ0) is 23.5. The number of anilines is 2. The minimum absolute atomic E-state index is 0.434. The molecule has 170 valence electrons. The van der Waals surface area contributed by atoms with E-state index in [1.807, 2.05) is 71.9 Å². The lowest BCUT2D eigenvalue weighted by Gasteiger charge is -2.10. The van der Waals surface area contributed by atoms with E-state index in [1.54, 1.807) is 6.07 Å². The number of aromatic nitrogens is 4. The fourth-order valence-corrected chi connectivity index (χ4v) is 4.18. The summed E-state index contributed by atoms with van der Waals surface area (Å²) in [5.74, 6) is 0.646. The van der Waals surface area contributed by atoms with E-state index >= 15 is 0 Å². The van der Waals surface area contributed by atoms with Crippen LogP contribution in [0.25, 0.3) is 0 Å². The van der Waals surface area contributed by atoms with E-state index in [-0.39, 0.29) is 0 Å². The first kappa shape index (κ1) is 23.6. The molecule has 2 N–H and O–H groups in total. The summed E-state index contributed by atoms with van der Waals surface area (Å²) in [7, 11) is 0. The van der Waals surface area contributed by atoms with Gasteiger partial charge in [0.25, 0.3) is 0 Å². The van der Waals surface area contributed by atoms with Gasteiger partial charge in [0.15, 0.2) is 10.9 Å². The van der Waals surface area contributed by atoms with Crippen LogP contribution in [0.15, 0.2) is 54.7 Å². The van der Waals surface area contributed by atoms with Crippen molar-refractivity contribution in [1.82, 2.24) is 19.6 Å². The van der Waals surface area contributed by atoms with Gasteiger partial charge in [-0.2, -0.15) is 10.2 Å². The molecule has 0 aliphatic carbocycles. The van der Waals surface area contributed by atoms with E-state index < -0.39 is 0 Å². The second kappa shape index (κ2) is 10.1. The molecule has 2 heterocycles. The van der Waals surface area contributed by atoms with E-state index in [9.17, 15) is 0 Å². The topological polar surface area (TPSA) is 59.7 Å². The summed E-state index contributed by atoms with van der Waals surface area (Å²) in [6.45, 7) is 5.10. The highest BCUT2D eigenvalue weighted by Gasteiger charge is 2.14.